The largest absolute Gasteiger partial charge is 0.385 e. The highest BCUT2D eigenvalue weighted by Gasteiger charge is 2.21. The van der Waals surface area contributed by atoms with Gasteiger partial charge in [-0.3, -0.25) is 4.90 Å². The van der Waals surface area contributed by atoms with Crippen LogP contribution < -0.4 is 5.32 Å². The van der Waals surface area contributed by atoms with Gasteiger partial charge in [-0.2, -0.15) is 0 Å². The number of hydrogen-bond donors (Lipinski definition) is 1. The number of nitrogens with one attached hydrogen (secondary N) is 1. The topological polar surface area (TPSA) is 58.6 Å². The fourth-order valence-electron chi connectivity index (χ4n) is 4.12. The number of methoxy groups -OCH3 is 1. The number of piperidine rings is 1. The van der Waals surface area contributed by atoms with E-state index in [9.17, 15) is 0 Å². The predicted molar refractivity (Wildman–Crippen MR) is 124 cm³/mol. The summed E-state index contributed by atoms with van der Waals surface area (Å²) in [6.45, 7) is 11.9. The summed E-state index contributed by atoms with van der Waals surface area (Å²) in [6.07, 6.45) is 3.41. The van der Waals surface area contributed by atoms with E-state index in [0.717, 1.165) is 90.9 Å². The smallest absolute Gasteiger partial charge is 0.194 e. The third-order valence-corrected chi connectivity index (χ3v) is 5.84. The Morgan fingerprint density at radius 3 is 2.65 bits per heavy atom. The second-order valence-electron chi connectivity index (χ2n) is 8.28. The van der Waals surface area contributed by atoms with Crippen molar-refractivity contribution in [2.75, 3.05) is 66.3 Å². The van der Waals surface area contributed by atoms with Crippen LogP contribution in [0.5, 0.6) is 0 Å². The summed E-state index contributed by atoms with van der Waals surface area (Å²) in [5, 5.41) is 3.47. The average Bonchev–Trinajstić information content (AvgIpc) is 2.81. The Bertz CT molecular complexity index is 656. The lowest BCUT2D eigenvalue weighted by molar-refractivity contribution is 0.00990. The Morgan fingerprint density at radius 1 is 1.13 bits per heavy atom. The van der Waals surface area contributed by atoms with Crippen LogP contribution in [0.4, 0.5) is 0 Å². The summed E-state index contributed by atoms with van der Waals surface area (Å²) in [7, 11) is 1.74. The Balaban J connectivity index is 1.50. The molecule has 174 valence electrons. The van der Waals surface area contributed by atoms with Crippen LogP contribution in [0.25, 0.3) is 0 Å². The molecule has 0 atom stereocenters. The molecule has 0 saturated carbocycles. The Labute approximate surface area is 187 Å². The molecule has 2 aliphatic heterocycles. The Morgan fingerprint density at radius 2 is 1.90 bits per heavy atom. The standard InChI is InChI=1S/C24H40N4O3/c1-3-25-24(28-10-8-23(9-11-28)31-15-5-14-29-2)26-19-21-6-4-7-22(18-21)20-27-12-16-30-17-13-27/h4,6-7,18,23H,3,5,8-17,19-20H2,1-2H3,(H,25,26). The number of morpholine rings is 1. The molecule has 2 fully saturated rings. The number of ether oxygens (including phenoxy) is 3. The minimum atomic E-state index is 0.354. The molecule has 7 nitrogen and oxygen atoms in total. The van der Waals surface area contributed by atoms with Crippen LogP contribution in [0.3, 0.4) is 0 Å². The molecule has 31 heavy (non-hydrogen) atoms. The van der Waals surface area contributed by atoms with Crippen LogP contribution in [0.2, 0.25) is 0 Å². The second-order valence-corrected chi connectivity index (χ2v) is 8.28. The molecule has 0 radical (unpaired) electrons. The van der Waals surface area contributed by atoms with Crippen LogP contribution in [-0.2, 0) is 27.3 Å². The maximum atomic E-state index is 6.00. The first-order valence-corrected chi connectivity index (χ1v) is 11.8. The monoisotopic (exact) mass is 432 g/mol. The summed E-state index contributed by atoms with van der Waals surface area (Å²) in [5.74, 6) is 1.01. The highest BCUT2D eigenvalue weighted by atomic mass is 16.5. The third kappa shape index (κ3) is 8.41. The van der Waals surface area contributed by atoms with Crippen molar-refractivity contribution < 1.29 is 14.2 Å². The van der Waals surface area contributed by atoms with Gasteiger partial charge in [-0.1, -0.05) is 24.3 Å². The van der Waals surface area contributed by atoms with E-state index in [0.29, 0.717) is 12.6 Å². The van der Waals surface area contributed by atoms with Gasteiger partial charge in [0.25, 0.3) is 0 Å². The van der Waals surface area contributed by atoms with E-state index in [1.165, 1.54) is 11.1 Å². The zero-order valence-corrected chi connectivity index (χ0v) is 19.4. The molecule has 2 heterocycles. The van der Waals surface area contributed by atoms with Gasteiger partial charge >= 0.3 is 0 Å². The van der Waals surface area contributed by atoms with E-state index in [2.05, 4.69) is 46.3 Å². The van der Waals surface area contributed by atoms with Crippen LogP contribution >= 0.6 is 0 Å². The molecule has 1 aromatic carbocycles. The molecule has 0 aromatic heterocycles. The van der Waals surface area contributed by atoms with Crippen molar-refractivity contribution >= 4 is 5.96 Å². The highest BCUT2D eigenvalue weighted by Crippen LogP contribution is 2.15. The number of rotatable bonds is 10. The van der Waals surface area contributed by atoms with Gasteiger partial charge in [0.1, 0.15) is 0 Å². The molecule has 1 N–H and O–H groups in total. The van der Waals surface area contributed by atoms with Gasteiger partial charge in [0, 0.05) is 59.6 Å². The van der Waals surface area contributed by atoms with Crippen molar-refractivity contribution in [1.82, 2.24) is 15.1 Å². The van der Waals surface area contributed by atoms with Crippen molar-refractivity contribution in [3.8, 4) is 0 Å². The zero-order chi connectivity index (χ0) is 21.7. The maximum absolute atomic E-state index is 6.00. The van der Waals surface area contributed by atoms with Gasteiger partial charge in [0.2, 0.25) is 0 Å². The van der Waals surface area contributed by atoms with Gasteiger partial charge in [-0.05, 0) is 37.3 Å². The summed E-state index contributed by atoms with van der Waals surface area (Å²) < 4.78 is 16.6. The van der Waals surface area contributed by atoms with E-state index >= 15 is 0 Å². The van der Waals surface area contributed by atoms with Gasteiger partial charge < -0.3 is 24.4 Å². The van der Waals surface area contributed by atoms with Gasteiger partial charge in [0.05, 0.1) is 25.9 Å². The first-order valence-electron chi connectivity index (χ1n) is 11.8. The van der Waals surface area contributed by atoms with Crippen molar-refractivity contribution in [1.29, 1.82) is 0 Å². The summed E-state index contributed by atoms with van der Waals surface area (Å²) in [4.78, 5) is 9.77. The first kappa shape index (κ1) is 24.0. The Kier molecular flexibility index (Phi) is 10.6. The molecule has 2 saturated heterocycles. The summed E-state index contributed by atoms with van der Waals surface area (Å²) >= 11 is 0. The summed E-state index contributed by atoms with van der Waals surface area (Å²) in [5.41, 5.74) is 2.61. The van der Waals surface area contributed by atoms with Crippen LogP contribution in [-0.4, -0.2) is 88.1 Å². The molecule has 3 rings (SSSR count). The maximum Gasteiger partial charge on any atom is 0.194 e. The van der Waals surface area contributed by atoms with Crippen LogP contribution in [0.1, 0.15) is 37.3 Å². The minimum Gasteiger partial charge on any atom is -0.385 e. The van der Waals surface area contributed by atoms with Crippen LogP contribution in [0, 0.1) is 0 Å². The minimum absolute atomic E-state index is 0.354. The number of nitrogens with zero attached hydrogens (tertiary/aromatic N) is 3. The van der Waals surface area contributed by atoms with E-state index < -0.39 is 0 Å². The Hall–Kier alpha value is -1.67. The molecule has 0 aliphatic carbocycles. The molecule has 0 spiro atoms. The number of benzene rings is 1. The average molecular weight is 433 g/mol. The predicted octanol–water partition coefficient (Wildman–Crippen LogP) is 2.50. The van der Waals surface area contributed by atoms with Crippen molar-refractivity contribution in [3.05, 3.63) is 35.4 Å². The van der Waals surface area contributed by atoms with Gasteiger partial charge in [0.15, 0.2) is 5.96 Å². The molecule has 0 bridgehead atoms. The zero-order valence-electron chi connectivity index (χ0n) is 19.4. The number of aliphatic imine (C=N–C) groups is 1. The fourth-order valence-corrected chi connectivity index (χ4v) is 4.12. The van der Waals surface area contributed by atoms with E-state index in [4.69, 9.17) is 19.2 Å². The molecular weight excluding hydrogens is 392 g/mol. The van der Waals surface area contributed by atoms with Crippen molar-refractivity contribution in [3.63, 3.8) is 0 Å². The third-order valence-electron chi connectivity index (χ3n) is 5.84. The second kappa shape index (κ2) is 13.7. The molecule has 7 heteroatoms. The van der Waals surface area contributed by atoms with Gasteiger partial charge in [-0.25, -0.2) is 4.99 Å². The lowest BCUT2D eigenvalue weighted by atomic mass is 10.1. The van der Waals surface area contributed by atoms with Crippen molar-refractivity contribution in [2.45, 2.75) is 45.4 Å². The van der Waals surface area contributed by atoms with E-state index in [1.54, 1.807) is 7.11 Å². The molecule has 0 unspecified atom stereocenters. The number of guanidine groups is 1. The molecular formula is C24H40N4O3. The SMILES string of the molecule is CCNC(=NCc1cccc(CN2CCOCC2)c1)N1CCC(OCCCOC)CC1. The quantitative estimate of drug-likeness (QED) is 0.348. The first-order chi connectivity index (χ1) is 15.3. The lowest BCUT2D eigenvalue weighted by Crippen LogP contribution is -2.47. The normalized spacial score (nSPS) is 19.0. The summed E-state index contributed by atoms with van der Waals surface area (Å²) in [6, 6.07) is 8.84. The molecule has 1 aromatic rings. The molecule has 0 amide bonds. The van der Waals surface area contributed by atoms with Crippen molar-refractivity contribution in [2.24, 2.45) is 4.99 Å². The number of hydrogen-bond acceptors (Lipinski definition) is 5. The number of likely N-dealkylation sites (tertiary alicyclic amines) is 1. The van der Waals surface area contributed by atoms with Gasteiger partial charge in [-0.15, -0.1) is 0 Å². The highest BCUT2D eigenvalue weighted by molar-refractivity contribution is 5.80. The van der Waals surface area contributed by atoms with E-state index in [-0.39, 0.29) is 0 Å². The molecule has 2 aliphatic rings. The fraction of sp³-hybridized carbons (Fsp3) is 0.708. The van der Waals surface area contributed by atoms with Crippen LogP contribution in [0.15, 0.2) is 29.3 Å². The lowest BCUT2D eigenvalue weighted by Gasteiger charge is -2.34. The van der Waals surface area contributed by atoms with E-state index in [1.807, 2.05) is 0 Å².